The second-order valence-electron chi connectivity index (χ2n) is 5.70. The van der Waals surface area contributed by atoms with E-state index in [0.29, 0.717) is 11.3 Å². The number of primary sulfonamides is 1. The molecule has 0 saturated heterocycles. The quantitative estimate of drug-likeness (QED) is 0.746. The van der Waals surface area contributed by atoms with Crippen molar-refractivity contribution in [1.82, 2.24) is 0 Å². The van der Waals surface area contributed by atoms with Crippen LogP contribution in [0.1, 0.15) is 19.4 Å². The van der Waals surface area contributed by atoms with Gasteiger partial charge in [0.15, 0.2) is 0 Å². The van der Waals surface area contributed by atoms with E-state index in [4.69, 9.17) is 9.88 Å². The molecule has 0 amide bonds. The Morgan fingerprint density at radius 3 is 2.27 bits per heavy atom. The Hall–Kier alpha value is -2.36. The van der Waals surface area contributed by atoms with Crippen LogP contribution in [0.3, 0.4) is 0 Å². The SMILES string of the molecule is CC(C)Oc1ccccc1/C=C/S(=O)(=O)Nc1ccccc1S(N)(=O)=O. The fourth-order valence-electron chi connectivity index (χ4n) is 2.13. The first kappa shape index (κ1) is 20.0. The van der Waals surface area contributed by atoms with Crippen LogP contribution in [0.25, 0.3) is 6.08 Å². The van der Waals surface area contributed by atoms with E-state index in [1.54, 1.807) is 24.3 Å². The van der Waals surface area contributed by atoms with Gasteiger partial charge < -0.3 is 4.74 Å². The van der Waals surface area contributed by atoms with E-state index in [1.807, 2.05) is 13.8 Å². The minimum absolute atomic E-state index is 0.0686. The van der Waals surface area contributed by atoms with Crippen molar-refractivity contribution < 1.29 is 21.6 Å². The molecule has 0 spiro atoms. The topological polar surface area (TPSA) is 116 Å². The lowest BCUT2D eigenvalue weighted by atomic mass is 10.2. The third kappa shape index (κ3) is 5.58. The van der Waals surface area contributed by atoms with Gasteiger partial charge >= 0.3 is 0 Å². The summed E-state index contributed by atoms with van der Waals surface area (Å²) in [5.74, 6) is 0.541. The summed E-state index contributed by atoms with van der Waals surface area (Å²) < 4.78 is 55.6. The number of rotatable bonds is 7. The van der Waals surface area contributed by atoms with Crippen molar-refractivity contribution >= 4 is 31.8 Å². The number of nitrogens with one attached hydrogen (secondary N) is 1. The Morgan fingerprint density at radius 1 is 1.00 bits per heavy atom. The third-order valence-electron chi connectivity index (χ3n) is 3.15. The van der Waals surface area contributed by atoms with E-state index in [1.165, 1.54) is 30.3 Å². The number of hydrogen-bond donors (Lipinski definition) is 2. The van der Waals surface area contributed by atoms with Gasteiger partial charge in [0.1, 0.15) is 10.6 Å². The molecule has 2 aromatic rings. The fourth-order valence-corrected chi connectivity index (χ4v) is 3.77. The summed E-state index contributed by atoms with van der Waals surface area (Å²) >= 11 is 0. The molecule has 140 valence electrons. The Morgan fingerprint density at radius 2 is 1.62 bits per heavy atom. The van der Waals surface area contributed by atoms with Crippen molar-refractivity contribution in [3.05, 3.63) is 59.5 Å². The fraction of sp³-hybridized carbons (Fsp3) is 0.176. The third-order valence-corrected chi connectivity index (χ3v) is 5.12. The molecule has 0 aromatic heterocycles. The van der Waals surface area contributed by atoms with Gasteiger partial charge in [-0.05, 0) is 38.1 Å². The van der Waals surface area contributed by atoms with Crippen molar-refractivity contribution in [3.8, 4) is 5.75 Å². The summed E-state index contributed by atoms with van der Waals surface area (Å²) in [6.07, 6.45) is 1.31. The molecule has 0 radical (unpaired) electrons. The van der Waals surface area contributed by atoms with Crippen molar-refractivity contribution in [3.63, 3.8) is 0 Å². The minimum Gasteiger partial charge on any atom is -0.490 e. The smallest absolute Gasteiger partial charge is 0.255 e. The Labute approximate surface area is 153 Å². The van der Waals surface area contributed by atoms with Crippen molar-refractivity contribution in [2.75, 3.05) is 4.72 Å². The van der Waals surface area contributed by atoms with Gasteiger partial charge in [-0.15, -0.1) is 0 Å². The maximum Gasteiger partial charge on any atom is 0.255 e. The summed E-state index contributed by atoms with van der Waals surface area (Å²) in [6.45, 7) is 3.73. The number of hydrogen-bond acceptors (Lipinski definition) is 5. The largest absolute Gasteiger partial charge is 0.490 e. The zero-order valence-corrected chi connectivity index (χ0v) is 15.9. The molecule has 7 nitrogen and oxygen atoms in total. The molecular formula is C17H20N2O5S2. The second kappa shape index (κ2) is 7.90. The van der Waals surface area contributed by atoms with Gasteiger partial charge in [0.2, 0.25) is 10.0 Å². The summed E-state index contributed by atoms with van der Waals surface area (Å²) in [7, 11) is -8.03. The number of para-hydroxylation sites is 2. The molecule has 2 rings (SSSR count). The molecule has 0 aliphatic carbocycles. The lowest BCUT2D eigenvalue weighted by Gasteiger charge is -2.12. The van der Waals surface area contributed by atoms with Gasteiger partial charge in [0.25, 0.3) is 10.0 Å². The molecule has 0 aliphatic rings. The van der Waals surface area contributed by atoms with Gasteiger partial charge in [0, 0.05) is 5.56 Å². The zero-order valence-electron chi connectivity index (χ0n) is 14.3. The van der Waals surface area contributed by atoms with E-state index in [-0.39, 0.29) is 16.7 Å². The average Bonchev–Trinajstić information content (AvgIpc) is 2.53. The van der Waals surface area contributed by atoms with E-state index in [2.05, 4.69) is 4.72 Å². The van der Waals surface area contributed by atoms with E-state index in [0.717, 1.165) is 5.41 Å². The van der Waals surface area contributed by atoms with Crippen LogP contribution in [-0.4, -0.2) is 22.9 Å². The van der Waals surface area contributed by atoms with E-state index in [9.17, 15) is 16.8 Å². The van der Waals surface area contributed by atoms with Crippen molar-refractivity contribution in [2.45, 2.75) is 24.8 Å². The highest BCUT2D eigenvalue weighted by molar-refractivity contribution is 7.95. The Bertz CT molecular complexity index is 1010. The predicted octanol–water partition coefficient (Wildman–Crippen LogP) is 2.53. The standard InChI is InChI=1S/C17H20N2O5S2/c1-13(2)24-16-9-5-3-7-14(16)11-12-25(20,21)19-15-8-4-6-10-17(15)26(18,22)23/h3-13,19H,1-2H3,(H2,18,22,23)/b12-11+. The number of anilines is 1. The molecule has 0 saturated carbocycles. The highest BCUT2D eigenvalue weighted by Crippen LogP contribution is 2.23. The van der Waals surface area contributed by atoms with Crippen LogP contribution in [0, 0.1) is 0 Å². The molecule has 0 unspecified atom stereocenters. The van der Waals surface area contributed by atoms with Crippen LogP contribution in [0.4, 0.5) is 5.69 Å². The molecule has 2 aromatic carbocycles. The van der Waals surface area contributed by atoms with Gasteiger partial charge in [0.05, 0.1) is 17.2 Å². The summed E-state index contributed by atoms with van der Waals surface area (Å²) in [4.78, 5) is -0.305. The van der Waals surface area contributed by atoms with E-state index >= 15 is 0 Å². The highest BCUT2D eigenvalue weighted by atomic mass is 32.2. The predicted molar refractivity (Wildman–Crippen MR) is 102 cm³/mol. The summed E-state index contributed by atoms with van der Waals surface area (Å²) in [5, 5.41) is 6.05. The van der Waals surface area contributed by atoms with Crippen molar-refractivity contribution in [2.24, 2.45) is 5.14 Å². The minimum atomic E-state index is -4.06. The van der Waals surface area contributed by atoms with Gasteiger partial charge in [-0.25, -0.2) is 22.0 Å². The summed E-state index contributed by atoms with van der Waals surface area (Å²) in [6, 6.07) is 12.5. The van der Waals surface area contributed by atoms with Crippen LogP contribution in [0.15, 0.2) is 58.8 Å². The molecule has 0 bridgehead atoms. The normalized spacial score (nSPS) is 12.5. The molecule has 26 heavy (non-hydrogen) atoms. The number of ether oxygens (including phenoxy) is 1. The first-order valence-electron chi connectivity index (χ1n) is 7.67. The van der Waals surface area contributed by atoms with E-state index < -0.39 is 20.0 Å². The molecule has 0 atom stereocenters. The number of nitrogens with two attached hydrogens (primary N) is 1. The number of sulfonamides is 2. The summed E-state index contributed by atoms with van der Waals surface area (Å²) in [5.41, 5.74) is 0.456. The molecule has 3 N–H and O–H groups in total. The lowest BCUT2D eigenvalue weighted by molar-refractivity contribution is 0.242. The molecular weight excluding hydrogens is 376 g/mol. The average molecular weight is 396 g/mol. The zero-order chi connectivity index (χ0) is 19.4. The second-order valence-corrected chi connectivity index (χ2v) is 8.79. The Kier molecular flexibility index (Phi) is 6.06. The molecule has 0 heterocycles. The Balaban J connectivity index is 2.30. The van der Waals surface area contributed by atoms with Gasteiger partial charge in [-0.3, -0.25) is 4.72 Å². The molecule has 0 fully saturated rings. The molecule has 9 heteroatoms. The van der Waals surface area contributed by atoms with Crippen molar-refractivity contribution in [1.29, 1.82) is 0 Å². The van der Waals surface area contributed by atoms with Crippen LogP contribution >= 0.6 is 0 Å². The van der Waals surface area contributed by atoms with Crippen LogP contribution in [-0.2, 0) is 20.0 Å². The molecule has 0 aliphatic heterocycles. The van der Waals surface area contributed by atoms with Crippen LogP contribution < -0.4 is 14.6 Å². The van der Waals surface area contributed by atoms with Gasteiger partial charge in [-0.2, -0.15) is 0 Å². The van der Waals surface area contributed by atoms with Crippen LogP contribution in [0.2, 0.25) is 0 Å². The number of benzene rings is 2. The first-order chi connectivity index (χ1) is 12.1. The lowest BCUT2D eigenvalue weighted by Crippen LogP contribution is -2.17. The van der Waals surface area contributed by atoms with Crippen LogP contribution in [0.5, 0.6) is 5.75 Å². The first-order valence-corrected chi connectivity index (χ1v) is 10.8. The highest BCUT2D eigenvalue weighted by Gasteiger charge is 2.16. The monoisotopic (exact) mass is 396 g/mol. The van der Waals surface area contributed by atoms with Gasteiger partial charge in [-0.1, -0.05) is 30.3 Å². The maximum atomic E-state index is 12.3. The maximum absolute atomic E-state index is 12.3.